The molecule has 4 aromatic carbocycles. The number of fused-ring (bicyclic) bond motifs is 2. The van der Waals surface area contributed by atoms with Gasteiger partial charge in [-0.15, -0.1) is 0 Å². The maximum Gasteiger partial charge on any atom is 0.326 e. The van der Waals surface area contributed by atoms with Crippen molar-refractivity contribution >= 4 is 57.6 Å². The molecule has 6 rings (SSSR count). The van der Waals surface area contributed by atoms with Gasteiger partial charge in [-0.2, -0.15) is 0 Å². The molecule has 5 aromatic rings. The van der Waals surface area contributed by atoms with Crippen molar-refractivity contribution in [1.29, 1.82) is 0 Å². The van der Waals surface area contributed by atoms with E-state index in [4.69, 9.17) is 27.9 Å². The van der Waals surface area contributed by atoms with Crippen molar-refractivity contribution in [1.82, 2.24) is 10.3 Å². The van der Waals surface area contributed by atoms with Crippen LogP contribution in [0.4, 0.5) is 5.69 Å². The van der Waals surface area contributed by atoms with Crippen LogP contribution < -0.4 is 10.2 Å². The molecule has 0 aliphatic carbocycles. The highest BCUT2D eigenvalue weighted by molar-refractivity contribution is 6.31. The number of halogens is 2. The van der Waals surface area contributed by atoms with Gasteiger partial charge in [-0.25, -0.2) is 4.79 Å². The van der Waals surface area contributed by atoms with Crippen LogP contribution in [-0.4, -0.2) is 40.0 Å². The molecular weight excluding hydrogens is 625 g/mol. The average Bonchev–Trinajstić information content (AvgIpc) is 3.42. The Kier molecular flexibility index (Phi) is 9.40. The number of aliphatic carboxylic acids is 1. The van der Waals surface area contributed by atoms with E-state index in [0.29, 0.717) is 26.9 Å². The summed E-state index contributed by atoms with van der Waals surface area (Å²) in [6.07, 6.45) is -0.0743. The largest absolute Gasteiger partial charge is 0.480 e. The van der Waals surface area contributed by atoms with Gasteiger partial charge in [0, 0.05) is 51.1 Å². The summed E-state index contributed by atoms with van der Waals surface area (Å²) in [6.45, 7) is 0.265. The Bertz CT molecular complexity index is 1890. The van der Waals surface area contributed by atoms with Gasteiger partial charge >= 0.3 is 5.97 Å². The number of ether oxygens (including phenoxy) is 1. The summed E-state index contributed by atoms with van der Waals surface area (Å²) >= 11 is 13.1. The zero-order chi connectivity index (χ0) is 32.2. The van der Waals surface area contributed by atoms with E-state index >= 15 is 0 Å². The minimum atomic E-state index is -1.16. The molecule has 0 fully saturated rings. The van der Waals surface area contributed by atoms with Gasteiger partial charge in [0.15, 0.2) is 0 Å². The number of rotatable bonds is 10. The molecule has 0 saturated carbocycles. The molecular formula is C36H31Cl2N3O5. The molecule has 1 aromatic heterocycles. The maximum absolute atomic E-state index is 14.2. The van der Waals surface area contributed by atoms with Gasteiger partial charge < -0.3 is 25.0 Å². The van der Waals surface area contributed by atoms with Crippen LogP contribution in [0.15, 0.2) is 103 Å². The molecule has 0 saturated heterocycles. The van der Waals surface area contributed by atoms with Crippen molar-refractivity contribution in [3.63, 3.8) is 0 Å². The van der Waals surface area contributed by atoms with Gasteiger partial charge in [-0.1, -0.05) is 89.9 Å². The summed E-state index contributed by atoms with van der Waals surface area (Å²) < 4.78 is 6.54. The quantitative estimate of drug-likeness (QED) is 0.149. The first-order valence-corrected chi connectivity index (χ1v) is 15.7. The molecule has 3 N–H and O–H groups in total. The molecule has 10 heteroatoms. The van der Waals surface area contributed by atoms with Crippen LogP contribution in [0.5, 0.6) is 0 Å². The van der Waals surface area contributed by atoms with Crippen LogP contribution in [0, 0.1) is 0 Å². The van der Waals surface area contributed by atoms with Crippen molar-refractivity contribution in [3.05, 3.63) is 136 Å². The summed E-state index contributed by atoms with van der Waals surface area (Å²) in [7, 11) is 0. The molecule has 2 heterocycles. The molecule has 234 valence electrons. The van der Waals surface area contributed by atoms with Crippen LogP contribution >= 0.6 is 23.2 Å². The van der Waals surface area contributed by atoms with E-state index in [1.807, 2.05) is 72.8 Å². The second-order valence-corrected chi connectivity index (χ2v) is 12.0. The second kappa shape index (κ2) is 13.8. The second-order valence-electron chi connectivity index (χ2n) is 11.2. The Morgan fingerprint density at radius 1 is 0.935 bits per heavy atom. The number of carbonyl (C=O) groups is 3. The number of hydrogen-bond acceptors (Lipinski definition) is 4. The van der Waals surface area contributed by atoms with Crippen molar-refractivity contribution in [2.45, 2.75) is 44.1 Å². The highest BCUT2D eigenvalue weighted by atomic mass is 35.5. The Hall–Kier alpha value is -4.63. The molecule has 0 spiro atoms. The number of para-hydroxylation sites is 1. The zero-order valence-corrected chi connectivity index (χ0v) is 26.2. The SMILES string of the molecule is O=C(CCC1OC(c2ccccc2Cl)c2cc(Cl)ccc2N(Cc2ccccc2)C1=O)N[C@H](Cc1c[nH]c2ccccc12)C(=O)O. The lowest BCUT2D eigenvalue weighted by Crippen LogP contribution is -2.43. The third kappa shape index (κ3) is 6.79. The summed E-state index contributed by atoms with van der Waals surface area (Å²) in [5, 5.41) is 14.4. The van der Waals surface area contributed by atoms with Crippen LogP contribution in [-0.2, 0) is 32.1 Å². The Morgan fingerprint density at radius 3 is 2.46 bits per heavy atom. The number of carboxylic acids is 1. The van der Waals surface area contributed by atoms with Crippen molar-refractivity contribution < 1.29 is 24.2 Å². The number of aromatic amines is 1. The smallest absolute Gasteiger partial charge is 0.326 e. The Labute approximate surface area is 275 Å². The molecule has 2 unspecified atom stereocenters. The van der Waals surface area contributed by atoms with Gasteiger partial charge in [0.1, 0.15) is 18.2 Å². The highest BCUT2D eigenvalue weighted by Crippen LogP contribution is 2.42. The third-order valence-electron chi connectivity index (χ3n) is 8.14. The van der Waals surface area contributed by atoms with Crippen molar-refractivity contribution in [2.24, 2.45) is 0 Å². The van der Waals surface area contributed by atoms with E-state index in [2.05, 4.69) is 10.3 Å². The molecule has 1 aliphatic heterocycles. The number of hydrogen-bond donors (Lipinski definition) is 3. The first kappa shape index (κ1) is 31.4. The van der Waals surface area contributed by atoms with Crippen LogP contribution in [0.2, 0.25) is 10.0 Å². The zero-order valence-electron chi connectivity index (χ0n) is 24.7. The van der Waals surface area contributed by atoms with E-state index in [-0.39, 0.29) is 31.7 Å². The lowest BCUT2D eigenvalue weighted by Gasteiger charge is -2.25. The predicted molar refractivity (Wildman–Crippen MR) is 178 cm³/mol. The predicted octanol–water partition coefficient (Wildman–Crippen LogP) is 7.09. The first-order valence-electron chi connectivity index (χ1n) is 14.9. The molecule has 8 nitrogen and oxygen atoms in total. The molecule has 1 aliphatic rings. The fourth-order valence-corrected chi connectivity index (χ4v) is 6.28. The Balaban J connectivity index is 1.27. The fraction of sp³-hybridized carbons (Fsp3) is 0.194. The summed E-state index contributed by atoms with van der Waals surface area (Å²) in [5.74, 6) is -1.98. The first-order chi connectivity index (χ1) is 22.3. The molecule has 3 atom stereocenters. The lowest BCUT2D eigenvalue weighted by atomic mass is 9.99. The monoisotopic (exact) mass is 655 g/mol. The minimum absolute atomic E-state index is 0.0120. The van der Waals surface area contributed by atoms with E-state index in [1.54, 1.807) is 35.4 Å². The molecule has 2 amide bonds. The van der Waals surface area contributed by atoms with Crippen LogP contribution in [0.1, 0.15) is 41.2 Å². The number of carboxylic acid groups (broad SMARTS) is 1. The van der Waals surface area contributed by atoms with Gasteiger partial charge in [-0.3, -0.25) is 9.59 Å². The number of nitrogens with one attached hydrogen (secondary N) is 2. The number of carbonyl (C=O) groups excluding carboxylic acids is 2. The number of benzene rings is 4. The number of amides is 2. The van der Waals surface area contributed by atoms with Gasteiger partial charge in [0.2, 0.25) is 5.91 Å². The number of anilines is 1. The van der Waals surface area contributed by atoms with E-state index in [0.717, 1.165) is 22.0 Å². The van der Waals surface area contributed by atoms with Gasteiger partial charge in [0.25, 0.3) is 5.91 Å². The van der Waals surface area contributed by atoms with Crippen molar-refractivity contribution in [2.75, 3.05) is 4.90 Å². The number of nitrogens with zero attached hydrogens (tertiary/aromatic N) is 1. The fourth-order valence-electron chi connectivity index (χ4n) is 5.87. The minimum Gasteiger partial charge on any atom is -0.480 e. The van der Waals surface area contributed by atoms with Gasteiger partial charge in [0.05, 0.1) is 12.2 Å². The molecule has 0 bridgehead atoms. The molecule has 46 heavy (non-hydrogen) atoms. The summed E-state index contributed by atoms with van der Waals surface area (Å²) in [5.41, 5.74) is 4.52. The standard InChI is InChI=1S/C36H31Cl2N3O5/c37-24-14-15-31-27(19-24)34(26-11-4-6-12-28(26)38)46-32(35(43)41(31)21-22-8-2-1-3-9-22)16-17-33(42)40-30(36(44)45)18-23-20-39-29-13-7-5-10-25(23)29/h1-15,19-20,30,32,34,39H,16-18,21H2,(H,40,42)(H,44,45)/t30-,32?,34?/m1/s1. The lowest BCUT2D eigenvalue weighted by molar-refractivity contribution is -0.142. The summed E-state index contributed by atoms with van der Waals surface area (Å²) in [4.78, 5) is 44.4. The van der Waals surface area contributed by atoms with Crippen LogP contribution in [0.25, 0.3) is 10.9 Å². The topological polar surface area (TPSA) is 112 Å². The van der Waals surface area contributed by atoms with E-state index in [9.17, 15) is 19.5 Å². The number of H-pyrrole nitrogens is 1. The average molecular weight is 657 g/mol. The number of aromatic nitrogens is 1. The molecule has 0 radical (unpaired) electrons. The van der Waals surface area contributed by atoms with Gasteiger partial charge in [-0.05, 0) is 47.9 Å². The normalized spacial score (nSPS) is 16.9. The third-order valence-corrected chi connectivity index (χ3v) is 8.72. The van der Waals surface area contributed by atoms with Crippen molar-refractivity contribution in [3.8, 4) is 0 Å². The highest BCUT2D eigenvalue weighted by Gasteiger charge is 2.37. The van der Waals surface area contributed by atoms with E-state index < -0.39 is 30.1 Å². The summed E-state index contributed by atoms with van der Waals surface area (Å²) in [6, 6.07) is 28.5. The van der Waals surface area contributed by atoms with E-state index in [1.165, 1.54) is 0 Å². The van der Waals surface area contributed by atoms with Crippen LogP contribution in [0.3, 0.4) is 0 Å². The Morgan fingerprint density at radius 2 is 1.67 bits per heavy atom. The maximum atomic E-state index is 14.2.